The van der Waals surface area contributed by atoms with Gasteiger partial charge in [-0.3, -0.25) is 0 Å². The van der Waals surface area contributed by atoms with Crippen molar-refractivity contribution in [3.63, 3.8) is 0 Å². The lowest BCUT2D eigenvalue weighted by Crippen LogP contribution is -2.41. The van der Waals surface area contributed by atoms with Gasteiger partial charge in [-0.2, -0.15) is 0 Å². The van der Waals surface area contributed by atoms with Crippen LogP contribution in [0.15, 0.2) is 18.2 Å². The van der Waals surface area contributed by atoms with Gasteiger partial charge >= 0.3 is 0 Å². The molecule has 1 aromatic carbocycles. The second-order valence-corrected chi connectivity index (χ2v) is 4.89. The molecular formula is C12H13ClO3. The molecule has 1 aromatic rings. The van der Waals surface area contributed by atoms with E-state index in [1.165, 1.54) is 0 Å². The molecule has 0 saturated carbocycles. The summed E-state index contributed by atoms with van der Waals surface area (Å²) in [6.07, 6.45) is 0.916. The lowest BCUT2D eigenvalue weighted by atomic mass is 9.96. The molecule has 2 heterocycles. The second kappa shape index (κ2) is 3.82. The maximum atomic E-state index is 6.39. The third kappa shape index (κ3) is 1.64. The first kappa shape index (κ1) is 10.2. The van der Waals surface area contributed by atoms with E-state index in [2.05, 4.69) is 0 Å². The fourth-order valence-corrected chi connectivity index (χ4v) is 2.16. The van der Waals surface area contributed by atoms with Crippen LogP contribution in [0.2, 0.25) is 0 Å². The maximum absolute atomic E-state index is 6.39. The molecule has 1 saturated heterocycles. The molecule has 0 spiro atoms. The maximum Gasteiger partial charge on any atom is 0.161 e. The Labute approximate surface area is 99.3 Å². The van der Waals surface area contributed by atoms with Crippen LogP contribution in [0.3, 0.4) is 0 Å². The van der Waals surface area contributed by atoms with Gasteiger partial charge in [0.15, 0.2) is 11.5 Å². The molecule has 16 heavy (non-hydrogen) atoms. The second-order valence-electron chi connectivity index (χ2n) is 4.17. The molecule has 0 aliphatic carbocycles. The summed E-state index contributed by atoms with van der Waals surface area (Å²) in [7, 11) is 0. The number of fused-ring (bicyclic) bond motifs is 1. The largest absolute Gasteiger partial charge is 0.490 e. The van der Waals surface area contributed by atoms with Crippen molar-refractivity contribution in [1.29, 1.82) is 0 Å². The van der Waals surface area contributed by atoms with Crippen molar-refractivity contribution >= 4 is 11.6 Å². The van der Waals surface area contributed by atoms with Gasteiger partial charge in [0.2, 0.25) is 0 Å². The van der Waals surface area contributed by atoms with Gasteiger partial charge in [-0.05, 0) is 17.7 Å². The minimum absolute atomic E-state index is 0.370. The highest BCUT2D eigenvalue weighted by molar-refractivity contribution is 6.24. The van der Waals surface area contributed by atoms with Crippen molar-refractivity contribution in [3.05, 3.63) is 23.8 Å². The Morgan fingerprint density at radius 3 is 2.50 bits per heavy atom. The lowest BCUT2D eigenvalue weighted by Gasteiger charge is -2.36. The molecule has 0 bridgehead atoms. The Hall–Kier alpha value is -0.930. The summed E-state index contributed by atoms with van der Waals surface area (Å²) in [6.45, 7) is 2.53. The minimum Gasteiger partial charge on any atom is -0.490 e. The minimum atomic E-state index is -0.370. The standard InChI is InChI=1S/C12H13ClO3/c13-12(7-14-8-12)9-2-3-10-11(6-9)16-5-1-4-15-10/h2-3,6H,1,4-5,7-8H2. The summed E-state index contributed by atoms with van der Waals surface area (Å²) in [5.74, 6) is 1.60. The molecule has 0 unspecified atom stereocenters. The fourth-order valence-electron chi connectivity index (χ4n) is 1.89. The third-order valence-corrected chi connectivity index (χ3v) is 3.36. The molecule has 2 aliphatic rings. The van der Waals surface area contributed by atoms with E-state index in [4.69, 9.17) is 25.8 Å². The molecule has 0 amide bonds. The van der Waals surface area contributed by atoms with Gasteiger partial charge in [0.1, 0.15) is 4.87 Å². The number of rotatable bonds is 1. The molecule has 86 valence electrons. The van der Waals surface area contributed by atoms with E-state index in [-0.39, 0.29) is 4.87 Å². The zero-order valence-corrected chi connectivity index (χ0v) is 9.63. The first-order valence-electron chi connectivity index (χ1n) is 5.45. The quantitative estimate of drug-likeness (QED) is 0.705. The number of hydrogen-bond donors (Lipinski definition) is 0. The molecule has 0 radical (unpaired) electrons. The van der Waals surface area contributed by atoms with E-state index in [0.717, 1.165) is 23.5 Å². The molecule has 0 N–H and O–H groups in total. The molecule has 4 heteroatoms. The predicted octanol–water partition coefficient (Wildman–Crippen LogP) is 2.31. The Morgan fingerprint density at radius 2 is 1.81 bits per heavy atom. The van der Waals surface area contributed by atoms with Crippen LogP contribution >= 0.6 is 11.6 Å². The topological polar surface area (TPSA) is 27.7 Å². The van der Waals surface area contributed by atoms with Crippen LogP contribution in [-0.4, -0.2) is 26.4 Å². The zero-order valence-electron chi connectivity index (χ0n) is 8.87. The van der Waals surface area contributed by atoms with Gasteiger partial charge in [0.05, 0.1) is 26.4 Å². The van der Waals surface area contributed by atoms with E-state index >= 15 is 0 Å². The van der Waals surface area contributed by atoms with Crippen LogP contribution in [0.5, 0.6) is 11.5 Å². The molecule has 0 aromatic heterocycles. The van der Waals surface area contributed by atoms with Crippen molar-refractivity contribution in [1.82, 2.24) is 0 Å². The van der Waals surface area contributed by atoms with Crippen molar-refractivity contribution in [3.8, 4) is 11.5 Å². The van der Waals surface area contributed by atoms with Crippen LogP contribution in [-0.2, 0) is 9.61 Å². The number of hydrogen-bond acceptors (Lipinski definition) is 3. The molecule has 0 atom stereocenters. The number of ether oxygens (including phenoxy) is 3. The summed E-state index contributed by atoms with van der Waals surface area (Å²) < 4.78 is 16.4. The van der Waals surface area contributed by atoms with Crippen LogP contribution < -0.4 is 9.47 Å². The molecular weight excluding hydrogens is 228 g/mol. The van der Waals surface area contributed by atoms with Gasteiger partial charge < -0.3 is 14.2 Å². The van der Waals surface area contributed by atoms with E-state index < -0.39 is 0 Å². The van der Waals surface area contributed by atoms with Gasteiger partial charge in [-0.15, -0.1) is 11.6 Å². The fraction of sp³-hybridized carbons (Fsp3) is 0.500. The van der Waals surface area contributed by atoms with Crippen LogP contribution in [0.4, 0.5) is 0 Å². The normalized spacial score (nSPS) is 22.1. The van der Waals surface area contributed by atoms with Crippen molar-refractivity contribution in [2.24, 2.45) is 0 Å². The van der Waals surface area contributed by atoms with Crippen molar-refractivity contribution in [2.75, 3.05) is 26.4 Å². The average Bonchev–Trinajstić information content (AvgIpc) is 2.49. The SMILES string of the molecule is ClC1(c2ccc3c(c2)OCCCO3)COC1. The molecule has 3 nitrogen and oxygen atoms in total. The Bertz CT molecular complexity index is 401. The summed E-state index contributed by atoms with van der Waals surface area (Å²) in [6, 6.07) is 5.89. The summed E-state index contributed by atoms with van der Waals surface area (Å²) in [5, 5.41) is 0. The summed E-state index contributed by atoms with van der Waals surface area (Å²) >= 11 is 6.39. The Balaban J connectivity index is 1.94. The van der Waals surface area contributed by atoms with Gasteiger partial charge in [-0.25, -0.2) is 0 Å². The lowest BCUT2D eigenvalue weighted by molar-refractivity contribution is -0.0153. The van der Waals surface area contributed by atoms with Gasteiger partial charge in [0, 0.05) is 6.42 Å². The average molecular weight is 241 g/mol. The van der Waals surface area contributed by atoms with Crippen LogP contribution in [0, 0.1) is 0 Å². The molecule has 3 rings (SSSR count). The first-order chi connectivity index (χ1) is 7.78. The Morgan fingerprint density at radius 1 is 1.06 bits per heavy atom. The molecule has 2 aliphatic heterocycles. The van der Waals surface area contributed by atoms with E-state index in [1.807, 2.05) is 18.2 Å². The predicted molar refractivity (Wildman–Crippen MR) is 60.4 cm³/mol. The van der Waals surface area contributed by atoms with Gasteiger partial charge in [-0.1, -0.05) is 6.07 Å². The summed E-state index contributed by atoms with van der Waals surface area (Å²) in [4.78, 5) is -0.370. The highest BCUT2D eigenvalue weighted by Crippen LogP contribution is 2.40. The third-order valence-electron chi connectivity index (χ3n) is 2.93. The van der Waals surface area contributed by atoms with E-state index in [0.29, 0.717) is 26.4 Å². The van der Waals surface area contributed by atoms with Crippen molar-refractivity contribution in [2.45, 2.75) is 11.3 Å². The monoisotopic (exact) mass is 240 g/mol. The van der Waals surface area contributed by atoms with E-state index in [9.17, 15) is 0 Å². The zero-order chi connectivity index (χ0) is 11.0. The Kier molecular flexibility index (Phi) is 2.45. The number of halogens is 1. The smallest absolute Gasteiger partial charge is 0.161 e. The number of alkyl halides is 1. The first-order valence-corrected chi connectivity index (χ1v) is 5.83. The van der Waals surface area contributed by atoms with Gasteiger partial charge in [0.25, 0.3) is 0 Å². The van der Waals surface area contributed by atoms with Crippen LogP contribution in [0.25, 0.3) is 0 Å². The molecule has 1 fully saturated rings. The highest BCUT2D eigenvalue weighted by Gasteiger charge is 2.38. The summed E-state index contributed by atoms with van der Waals surface area (Å²) in [5.41, 5.74) is 1.05. The van der Waals surface area contributed by atoms with Crippen molar-refractivity contribution < 1.29 is 14.2 Å². The van der Waals surface area contributed by atoms with Crippen LogP contribution in [0.1, 0.15) is 12.0 Å². The van der Waals surface area contributed by atoms with E-state index in [1.54, 1.807) is 0 Å². The highest BCUT2D eigenvalue weighted by atomic mass is 35.5. The number of benzene rings is 1.